The molecule has 0 bridgehead atoms. The molecule has 2 heterocycles. The second kappa shape index (κ2) is 9.11. The molecule has 1 aliphatic heterocycles. The second-order valence-electron chi connectivity index (χ2n) is 7.51. The average molecular weight is 412 g/mol. The van der Waals surface area contributed by atoms with E-state index in [0.29, 0.717) is 36.0 Å². The van der Waals surface area contributed by atoms with E-state index in [-0.39, 0.29) is 18.2 Å². The fourth-order valence-corrected chi connectivity index (χ4v) is 3.98. The minimum Gasteiger partial charge on any atom is -0.493 e. The van der Waals surface area contributed by atoms with E-state index >= 15 is 0 Å². The molecule has 0 unspecified atom stereocenters. The van der Waals surface area contributed by atoms with E-state index in [1.165, 1.54) is 7.11 Å². The van der Waals surface area contributed by atoms with Crippen LogP contribution >= 0.6 is 0 Å². The molecular weight excluding hydrogens is 384 g/mol. The van der Waals surface area contributed by atoms with Crippen molar-refractivity contribution >= 4 is 11.8 Å². The van der Waals surface area contributed by atoms with Crippen molar-refractivity contribution in [3.05, 3.63) is 46.5 Å². The third-order valence-electron chi connectivity index (χ3n) is 5.50. The number of nitrogens with zero attached hydrogens (tertiary/aromatic N) is 3. The number of ether oxygens (including phenoxy) is 2. The maximum absolute atomic E-state index is 13.2. The van der Waals surface area contributed by atoms with E-state index in [0.717, 1.165) is 29.8 Å². The number of carbonyl (C=O) groups is 2. The molecular formula is C22H28N4O4. The molecule has 1 saturated heterocycles. The second-order valence-corrected chi connectivity index (χ2v) is 7.51. The van der Waals surface area contributed by atoms with Gasteiger partial charge in [-0.05, 0) is 38.8 Å². The number of rotatable bonds is 6. The van der Waals surface area contributed by atoms with Gasteiger partial charge in [0.05, 0.1) is 26.2 Å². The lowest BCUT2D eigenvalue weighted by Crippen LogP contribution is -2.39. The summed E-state index contributed by atoms with van der Waals surface area (Å²) < 4.78 is 10.8. The van der Waals surface area contributed by atoms with Gasteiger partial charge < -0.3 is 20.1 Å². The Kier molecular flexibility index (Phi) is 6.54. The summed E-state index contributed by atoms with van der Waals surface area (Å²) in [6.45, 7) is 4.91. The Morgan fingerprint density at radius 2 is 1.87 bits per heavy atom. The molecule has 0 radical (unpaired) electrons. The predicted octanol–water partition coefficient (Wildman–Crippen LogP) is 2.16. The fraction of sp³-hybridized carbons (Fsp3) is 0.455. The lowest BCUT2D eigenvalue weighted by Gasteiger charge is -2.32. The minimum atomic E-state index is -0.403. The molecule has 0 aliphatic carbocycles. The summed E-state index contributed by atoms with van der Waals surface area (Å²) in [5.41, 5.74) is 8.10. The largest absolute Gasteiger partial charge is 0.493 e. The van der Waals surface area contributed by atoms with Crippen LogP contribution in [-0.2, 0) is 11.2 Å². The van der Waals surface area contributed by atoms with Crippen molar-refractivity contribution in [3.8, 4) is 11.5 Å². The highest BCUT2D eigenvalue weighted by Crippen LogP contribution is 2.33. The summed E-state index contributed by atoms with van der Waals surface area (Å²) in [4.78, 5) is 35.6. The smallest absolute Gasteiger partial charge is 0.257 e. The molecule has 0 spiro atoms. The van der Waals surface area contributed by atoms with Gasteiger partial charge in [0.25, 0.3) is 5.91 Å². The molecule has 1 aliphatic rings. The van der Waals surface area contributed by atoms with Crippen LogP contribution in [0.3, 0.4) is 0 Å². The van der Waals surface area contributed by atoms with Crippen LogP contribution in [0.5, 0.6) is 11.5 Å². The standard InChI is InChI=1S/C22H28N4O4/c1-13-17(11-19(23)27)14(2)25-21(24-13)15-7-6-10-26(12-15)22(28)16-8-5-9-18(29-3)20(16)30-4/h5,8-9,15H,6-7,10-12H2,1-4H3,(H2,23,27)/t15-/m0/s1. The van der Waals surface area contributed by atoms with Crippen molar-refractivity contribution in [3.63, 3.8) is 0 Å². The highest BCUT2D eigenvalue weighted by molar-refractivity contribution is 5.98. The fourth-order valence-electron chi connectivity index (χ4n) is 3.98. The number of hydrogen-bond donors (Lipinski definition) is 1. The predicted molar refractivity (Wildman–Crippen MR) is 112 cm³/mol. The number of amides is 2. The molecule has 1 fully saturated rings. The van der Waals surface area contributed by atoms with Crippen molar-refractivity contribution < 1.29 is 19.1 Å². The van der Waals surface area contributed by atoms with Crippen LogP contribution in [0.2, 0.25) is 0 Å². The van der Waals surface area contributed by atoms with Gasteiger partial charge in [0.15, 0.2) is 11.5 Å². The number of likely N-dealkylation sites (tertiary alicyclic amines) is 1. The van der Waals surface area contributed by atoms with E-state index in [1.807, 2.05) is 18.7 Å². The van der Waals surface area contributed by atoms with Crippen LogP contribution in [0, 0.1) is 13.8 Å². The van der Waals surface area contributed by atoms with Gasteiger partial charge in [0.2, 0.25) is 5.91 Å². The van der Waals surface area contributed by atoms with Gasteiger partial charge in [0, 0.05) is 36.0 Å². The third-order valence-corrected chi connectivity index (χ3v) is 5.50. The number of para-hydroxylation sites is 1. The molecule has 0 saturated carbocycles. The number of carbonyl (C=O) groups excluding carboxylic acids is 2. The van der Waals surface area contributed by atoms with Crippen molar-refractivity contribution in [2.75, 3.05) is 27.3 Å². The summed E-state index contributed by atoms with van der Waals surface area (Å²) in [7, 11) is 3.08. The van der Waals surface area contributed by atoms with Gasteiger partial charge in [-0.25, -0.2) is 9.97 Å². The number of piperidine rings is 1. The number of hydrogen-bond acceptors (Lipinski definition) is 6. The van der Waals surface area contributed by atoms with Crippen molar-refractivity contribution in [1.29, 1.82) is 0 Å². The summed E-state index contributed by atoms with van der Waals surface area (Å²) in [6, 6.07) is 5.29. The van der Waals surface area contributed by atoms with Gasteiger partial charge in [-0.2, -0.15) is 0 Å². The molecule has 1 aromatic heterocycles. The first-order valence-electron chi connectivity index (χ1n) is 9.98. The highest BCUT2D eigenvalue weighted by Gasteiger charge is 2.30. The Bertz CT molecular complexity index is 937. The van der Waals surface area contributed by atoms with Gasteiger partial charge >= 0.3 is 0 Å². The van der Waals surface area contributed by atoms with Crippen molar-refractivity contribution in [2.24, 2.45) is 5.73 Å². The molecule has 1 atom stereocenters. The van der Waals surface area contributed by atoms with E-state index in [2.05, 4.69) is 9.97 Å². The van der Waals surface area contributed by atoms with Crippen molar-refractivity contribution in [2.45, 2.75) is 39.0 Å². The average Bonchev–Trinajstić information content (AvgIpc) is 2.74. The van der Waals surface area contributed by atoms with Gasteiger partial charge in [-0.3, -0.25) is 9.59 Å². The first-order chi connectivity index (χ1) is 14.3. The zero-order chi connectivity index (χ0) is 21.8. The SMILES string of the molecule is COc1cccc(C(=O)N2CCC[C@H](c3nc(C)c(CC(N)=O)c(C)n3)C2)c1OC. The summed E-state index contributed by atoms with van der Waals surface area (Å²) >= 11 is 0. The molecule has 30 heavy (non-hydrogen) atoms. The molecule has 8 heteroatoms. The van der Waals surface area contributed by atoms with Gasteiger partial charge in [0.1, 0.15) is 5.82 Å². The number of benzene rings is 1. The van der Waals surface area contributed by atoms with E-state index < -0.39 is 5.91 Å². The minimum absolute atomic E-state index is 0.0272. The van der Waals surface area contributed by atoms with E-state index in [9.17, 15) is 9.59 Å². The first kappa shape index (κ1) is 21.5. The first-order valence-corrected chi connectivity index (χ1v) is 9.98. The topological polar surface area (TPSA) is 108 Å². The Hall–Kier alpha value is -3.16. The van der Waals surface area contributed by atoms with Crippen LogP contribution < -0.4 is 15.2 Å². The van der Waals surface area contributed by atoms with E-state index in [4.69, 9.17) is 15.2 Å². The molecule has 2 N–H and O–H groups in total. The maximum Gasteiger partial charge on any atom is 0.257 e. The molecule has 160 valence electrons. The number of primary amides is 1. The van der Waals surface area contributed by atoms with Crippen LogP contribution in [-0.4, -0.2) is 54.0 Å². The number of methoxy groups -OCH3 is 2. The van der Waals surface area contributed by atoms with Gasteiger partial charge in [-0.1, -0.05) is 6.07 Å². The van der Waals surface area contributed by atoms with Crippen LogP contribution in [0.15, 0.2) is 18.2 Å². The quantitative estimate of drug-likeness (QED) is 0.779. The Labute approximate surface area is 176 Å². The summed E-state index contributed by atoms with van der Waals surface area (Å²) in [6.07, 6.45) is 1.88. The van der Waals surface area contributed by atoms with Crippen LogP contribution in [0.1, 0.15) is 51.9 Å². The molecule has 1 aromatic carbocycles. The third kappa shape index (κ3) is 4.37. The Morgan fingerprint density at radius 3 is 2.47 bits per heavy atom. The maximum atomic E-state index is 13.2. The van der Waals surface area contributed by atoms with Gasteiger partial charge in [-0.15, -0.1) is 0 Å². The number of nitrogens with two attached hydrogens (primary N) is 1. The molecule has 2 amide bonds. The summed E-state index contributed by atoms with van der Waals surface area (Å²) in [5.74, 6) is 1.18. The molecule has 3 rings (SSSR count). The molecule has 8 nitrogen and oxygen atoms in total. The Balaban J connectivity index is 1.84. The zero-order valence-electron chi connectivity index (χ0n) is 17.9. The normalized spacial score (nSPS) is 16.3. The monoisotopic (exact) mass is 412 g/mol. The van der Waals surface area contributed by atoms with Crippen LogP contribution in [0.25, 0.3) is 0 Å². The van der Waals surface area contributed by atoms with E-state index in [1.54, 1.807) is 25.3 Å². The number of aryl methyl sites for hydroxylation is 2. The number of aromatic nitrogens is 2. The zero-order valence-corrected chi connectivity index (χ0v) is 17.9. The van der Waals surface area contributed by atoms with Crippen molar-refractivity contribution in [1.82, 2.24) is 14.9 Å². The summed E-state index contributed by atoms with van der Waals surface area (Å²) in [5, 5.41) is 0. The highest BCUT2D eigenvalue weighted by atomic mass is 16.5. The Morgan fingerprint density at radius 1 is 1.17 bits per heavy atom. The lowest BCUT2D eigenvalue weighted by atomic mass is 9.95. The van der Waals surface area contributed by atoms with Crippen LogP contribution in [0.4, 0.5) is 0 Å². The lowest BCUT2D eigenvalue weighted by molar-refractivity contribution is -0.117. The molecule has 2 aromatic rings.